The van der Waals surface area contributed by atoms with Crippen LogP contribution < -0.4 is 0 Å². The van der Waals surface area contributed by atoms with E-state index in [0.29, 0.717) is 0 Å². The Labute approximate surface area is 88.1 Å². The number of aryl methyl sites for hydroxylation is 1. The fourth-order valence-electron chi connectivity index (χ4n) is 1.32. The van der Waals surface area contributed by atoms with Crippen LogP contribution in [0.4, 0.5) is 0 Å². The van der Waals surface area contributed by atoms with Crippen molar-refractivity contribution in [2.45, 2.75) is 12.7 Å². The van der Waals surface area contributed by atoms with Gasteiger partial charge in [0.15, 0.2) is 11.1 Å². The van der Waals surface area contributed by atoms with Crippen molar-refractivity contribution in [3.8, 4) is 0 Å². The van der Waals surface area contributed by atoms with Crippen molar-refractivity contribution in [1.29, 1.82) is 0 Å². The Morgan fingerprint density at radius 1 is 1.57 bits per heavy atom. The minimum absolute atomic E-state index is 0.187. The number of fused-ring (bicyclic) bond motifs is 1. The van der Waals surface area contributed by atoms with Gasteiger partial charge >= 0.3 is 0 Å². The Morgan fingerprint density at radius 2 is 2.36 bits per heavy atom. The SMILES string of the molecule is Cc1nc2ccc(CS(=O)O)cc2s1. The Morgan fingerprint density at radius 3 is 3.07 bits per heavy atom. The Hall–Kier alpha value is -0.780. The minimum atomic E-state index is -1.77. The third kappa shape index (κ3) is 2.00. The van der Waals surface area contributed by atoms with Gasteiger partial charge in [-0.3, -0.25) is 0 Å². The first-order valence-corrected chi connectivity index (χ1v) is 6.18. The van der Waals surface area contributed by atoms with Crippen LogP contribution in [0.25, 0.3) is 10.2 Å². The zero-order valence-electron chi connectivity index (χ0n) is 7.56. The van der Waals surface area contributed by atoms with E-state index in [-0.39, 0.29) is 5.75 Å². The van der Waals surface area contributed by atoms with E-state index in [9.17, 15) is 4.21 Å². The normalized spacial score (nSPS) is 13.3. The summed E-state index contributed by atoms with van der Waals surface area (Å²) in [6, 6.07) is 5.66. The lowest BCUT2D eigenvalue weighted by molar-refractivity contribution is 0.563. The summed E-state index contributed by atoms with van der Waals surface area (Å²) in [5.74, 6) is 0.187. The molecule has 0 radical (unpaired) electrons. The predicted octanol–water partition coefficient (Wildman–Crippen LogP) is 2.33. The highest BCUT2D eigenvalue weighted by molar-refractivity contribution is 7.78. The molecule has 1 heterocycles. The second-order valence-electron chi connectivity index (χ2n) is 3.00. The van der Waals surface area contributed by atoms with E-state index in [4.69, 9.17) is 4.55 Å². The van der Waals surface area contributed by atoms with Crippen molar-refractivity contribution >= 4 is 32.6 Å². The molecule has 0 aliphatic rings. The highest BCUT2D eigenvalue weighted by atomic mass is 32.2. The number of aromatic nitrogens is 1. The predicted molar refractivity (Wildman–Crippen MR) is 58.8 cm³/mol. The van der Waals surface area contributed by atoms with Gasteiger partial charge in [-0.2, -0.15) is 0 Å². The molecule has 3 nitrogen and oxygen atoms in total. The number of rotatable bonds is 2. The summed E-state index contributed by atoms with van der Waals surface area (Å²) < 4.78 is 20.4. The molecule has 1 aromatic heterocycles. The minimum Gasteiger partial charge on any atom is -0.306 e. The van der Waals surface area contributed by atoms with Crippen molar-refractivity contribution < 1.29 is 8.76 Å². The number of thiazole rings is 1. The van der Waals surface area contributed by atoms with Crippen molar-refractivity contribution in [1.82, 2.24) is 4.98 Å². The first kappa shape index (κ1) is 9.76. The molecule has 0 aliphatic heterocycles. The lowest BCUT2D eigenvalue weighted by atomic mass is 10.2. The maximum absolute atomic E-state index is 10.6. The average molecular weight is 227 g/mol. The van der Waals surface area contributed by atoms with Crippen molar-refractivity contribution in [2.24, 2.45) is 0 Å². The van der Waals surface area contributed by atoms with E-state index >= 15 is 0 Å². The largest absolute Gasteiger partial charge is 0.306 e. The van der Waals surface area contributed by atoms with E-state index in [2.05, 4.69) is 4.98 Å². The van der Waals surface area contributed by atoms with E-state index in [1.807, 2.05) is 25.1 Å². The average Bonchev–Trinajstić information content (AvgIpc) is 2.42. The summed E-state index contributed by atoms with van der Waals surface area (Å²) >= 11 is -0.167. The fourth-order valence-corrected chi connectivity index (χ4v) is 2.67. The topological polar surface area (TPSA) is 50.2 Å². The molecule has 0 saturated heterocycles. The van der Waals surface area contributed by atoms with Crippen LogP contribution in [0.5, 0.6) is 0 Å². The Kier molecular flexibility index (Phi) is 2.62. The van der Waals surface area contributed by atoms with Gasteiger partial charge in [0.2, 0.25) is 0 Å². The van der Waals surface area contributed by atoms with Gasteiger partial charge in [0.05, 0.1) is 21.0 Å². The molecular weight excluding hydrogens is 218 g/mol. The maximum atomic E-state index is 10.6. The van der Waals surface area contributed by atoms with E-state index in [0.717, 1.165) is 20.8 Å². The lowest BCUT2D eigenvalue weighted by Gasteiger charge is -1.95. The second-order valence-corrected chi connectivity index (χ2v) is 5.17. The molecule has 2 rings (SSSR count). The second kappa shape index (κ2) is 3.76. The van der Waals surface area contributed by atoms with E-state index < -0.39 is 11.1 Å². The summed E-state index contributed by atoms with van der Waals surface area (Å²) in [5.41, 5.74) is 1.84. The number of hydrogen-bond donors (Lipinski definition) is 1. The number of benzene rings is 1. The zero-order chi connectivity index (χ0) is 10.1. The molecule has 14 heavy (non-hydrogen) atoms. The van der Waals surface area contributed by atoms with E-state index in [1.165, 1.54) is 0 Å². The smallest absolute Gasteiger partial charge is 0.157 e. The van der Waals surface area contributed by atoms with Gasteiger partial charge in [0.25, 0.3) is 0 Å². The lowest BCUT2D eigenvalue weighted by Crippen LogP contribution is -1.91. The molecule has 0 aliphatic carbocycles. The quantitative estimate of drug-likeness (QED) is 0.801. The van der Waals surface area contributed by atoms with Crippen LogP contribution in [0.2, 0.25) is 0 Å². The highest BCUT2D eigenvalue weighted by Gasteiger charge is 2.03. The summed E-state index contributed by atoms with van der Waals surface area (Å²) in [6.45, 7) is 1.95. The molecule has 1 unspecified atom stereocenters. The van der Waals surface area contributed by atoms with Gasteiger partial charge in [-0.25, -0.2) is 9.19 Å². The molecular formula is C9H9NO2S2. The van der Waals surface area contributed by atoms with Crippen LogP contribution in [0.15, 0.2) is 18.2 Å². The van der Waals surface area contributed by atoms with Gasteiger partial charge in [-0.1, -0.05) is 6.07 Å². The van der Waals surface area contributed by atoms with Crippen LogP contribution >= 0.6 is 11.3 Å². The molecule has 1 aromatic carbocycles. The molecule has 1 atom stereocenters. The molecule has 0 bridgehead atoms. The highest BCUT2D eigenvalue weighted by Crippen LogP contribution is 2.22. The molecule has 0 amide bonds. The third-order valence-corrected chi connectivity index (χ3v) is 3.36. The van der Waals surface area contributed by atoms with Gasteiger partial charge in [0.1, 0.15) is 0 Å². The van der Waals surface area contributed by atoms with Gasteiger partial charge < -0.3 is 4.55 Å². The molecule has 5 heteroatoms. The van der Waals surface area contributed by atoms with E-state index in [1.54, 1.807) is 11.3 Å². The Balaban J connectivity index is 2.45. The number of nitrogens with zero attached hydrogens (tertiary/aromatic N) is 1. The molecule has 0 saturated carbocycles. The molecule has 0 fully saturated rings. The summed E-state index contributed by atoms with van der Waals surface area (Å²) in [4.78, 5) is 4.31. The molecule has 0 spiro atoms. The summed E-state index contributed by atoms with van der Waals surface area (Å²) in [6.07, 6.45) is 0. The van der Waals surface area contributed by atoms with Crippen LogP contribution in [0.1, 0.15) is 10.6 Å². The first-order valence-electron chi connectivity index (χ1n) is 4.08. The molecule has 74 valence electrons. The standard InChI is InChI=1S/C9H9NO2S2/c1-6-10-8-3-2-7(5-14(11)12)4-9(8)13-6/h2-4H,5H2,1H3,(H,11,12). The van der Waals surface area contributed by atoms with Crippen molar-refractivity contribution in [2.75, 3.05) is 0 Å². The molecule has 1 N–H and O–H groups in total. The first-order chi connectivity index (χ1) is 6.65. The van der Waals surface area contributed by atoms with Crippen LogP contribution in [0, 0.1) is 6.92 Å². The van der Waals surface area contributed by atoms with Gasteiger partial charge in [-0.15, -0.1) is 11.3 Å². The maximum Gasteiger partial charge on any atom is 0.157 e. The van der Waals surface area contributed by atoms with Crippen molar-refractivity contribution in [3.05, 3.63) is 28.8 Å². The van der Waals surface area contributed by atoms with Gasteiger partial charge in [0, 0.05) is 0 Å². The van der Waals surface area contributed by atoms with Gasteiger partial charge in [-0.05, 0) is 24.6 Å². The third-order valence-electron chi connectivity index (χ3n) is 1.85. The van der Waals surface area contributed by atoms with Crippen LogP contribution in [-0.2, 0) is 16.8 Å². The monoisotopic (exact) mass is 227 g/mol. The number of hydrogen-bond acceptors (Lipinski definition) is 3. The van der Waals surface area contributed by atoms with Crippen LogP contribution in [-0.4, -0.2) is 13.7 Å². The van der Waals surface area contributed by atoms with Crippen molar-refractivity contribution in [3.63, 3.8) is 0 Å². The summed E-state index contributed by atoms with van der Waals surface area (Å²) in [5, 5.41) is 1.02. The summed E-state index contributed by atoms with van der Waals surface area (Å²) in [7, 11) is 0. The Bertz CT molecular complexity index is 493. The zero-order valence-corrected chi connectivity index (χ0v) is 9.19. The van der Waals surface area contributed by atoms with Crippen LogP contribution in [0.3, 0.4) is 0 Å². The fraction of sp³-hybridized carbons (Fsp3) is 0.222. The molecule has 2 aromatic rings.